The van der Waals surface area contributed by atoms with Crippen molar-refractivity contribution in [3.8, 4) is 0 Å². The van der Waals surface area contributed by atoms with Crippen molar-refractivity contribution in [3.05, 3.63) is 0 Å². The fourth-order valence-electron chi connectivity index (χ4n) is 3.21. The van der Waals surface area contributed by atoms with Gasteiger partial charge in [0.25, 0.3) is 0 Å². The Morgan fingerprint density at radius 3 is 1.72 bits per heavy atom. The lowest BCUT2D eigenvalue weighted by atomic mass is 10.0. The lowest BCUT2D eigenvalue weighted by Gasteiger charge is -2.18. The van der Waals surface area contributed by atoms with Gasteiger partial charge in [0.15, 0.2) is 0 Å². The molecule has 0 saturated carbocycles. The van der Waals surface area contributed by atoms with Crippen LogP contribution in [0.1, 0.15) is 123 Å². The molecule has 0 fully saturated rings. The van der Waals surface area contributed by atoms with Crippen LogP contribution in [0.15, 0.2) is 0 Å². The Labute approximate surface area is 156 Å². The molecule has 0 radical (unpaired) electrons. The Bertz CT molecular complexity index is 278. The first-order chi connectivity index (χ1) is 12.2. The first-order valence-corrected chi connectivity index (χ1v) is 11.0. The summed E-state index contributed by atoms with van der Waals surface area (Å²) in [5.74, 6) is -0.662. The topological polar surface area (TPSA) is 46.5 Å². The maximum Gasteiger partial charge on any atom is 0.303 e. The second-order valence-electron chi connectivity index (χ2n) is 7.46. The smallest absolute Gasteiger partial charge is 0.303 e. The molecule has 0 aliphatic heterocycles. The van der Waals surface area contributed by atoms with Crippen molar-refractivity contribution in [1.82, 2.24) is 0 Å². The molecule has 25 heavy (non-hydrogen) atoms. The van der Waals surface area contributed by atoms with Gasteiger partial charge >= 0.3 is 5.97 Å². The number of ether oxygens (including phenoxy) is 1. The van der Waals surface area contributed by atoms with Gasteiger partial charge in [-0.25, -0.2) is 0 Å². The zero-order valence-corrected chi connectivity index (χ0v) is 17.1. The van der Waals surface area contributed by atoms with Crippen LogP contribution >= 0.6 is 0 Å². The molecule has 0 aromatic heterocycles. The highest BCUT2D eigenvalue weighted by atomic mass is 16.5. The predicted molar refractivity (Wildman–Crippen MR) is 107 cm³/mol. The second-order valence-corrected chi connectivity index (χ2v) is 7.46. The van der Waals surface area contributed by atoms with Gasteiger partial charge in [0.1, 0.15) is 0 Å². The van der Waals surface area contributed by atoms with Gasteiger partial charge in [-0.15, -0.1) is 0 Å². The van der Waals surface area contributed by atoms with E-state index in [9.17, 15) is 4.79 Å². The summed E-state index contributed by atoms with van der Waals surface area (Å²) in [6.45, 7) is 5.42. The van der Waals surface area contributed by atoms with E-state index in [0.717, 1.165) is 19.4 Å². The van der Waals surface area contributed by atoms with E-state index < -0.39 is 5.97 Å². The fourth-order valence-corrected chi connectivity index (χ4v) is 3.21. The Hall–Kier alpha value is -0.570. The standard InChI is InChI=1S/C22H44O3/c1-3-5-7-14-17-21(25-20-6-4-2)18-15-12-10-8-9-11-13-16-19-22(23)24/h21H,3-20H2,1-2H3,(H,23,24). The minimum atomic E-state index is -0.662. The zero-order chi connectivity index (χ0) is 18.6. The second kappa shape index (κ2) is 19.8. The monoisotopic (exact) mass is 356 g/mol. The first-order valence-electron chi connectivity index (χ1n) is 11.0. The normalized spacial score (nSPS) is 12.4. The van der Waals surface area contributed by atoms with Gasteiger partial charge in [0.2, 0.25) is 0 Å². The summed E-state index contributed by atoms with van der Waals surface area (Å²) in [6.07, 6.45) is 20.6. The molecule has 3 nitrogen and oxygen atoms in total. The van der Waals surface area contributed by atoms with Crippen LogP contribution in [0.4, 0.5) is 0 Å². The summed E-state index contributed by atoms with van der Waals surface area (Å²) in [5.41, 5.74) is 0. The molecular formula is C22H44O3. The summed E-state index contributed by atoms with van der Waals surface area (Å²) in [6, 6.07) is 0. The first kappa shape index (κ1) is 24.4. The molecule has 0 spiro atoms. The maximum atomic E-state index is 10.4. The van der Waals surface area contributed by atoms with Crippen LogP contribution in [-0.4, -0.2) is 23.8 Å². The Kier molecular flexibility index (Phi) is 19.3. The molecule has 1 atom stereocenters. The van der Waals surface area contributed by atoms with Crippen molar-refractivity contribution in [1.29, 1.82) is 0 Å². The van der Waals surface area contributed by atoms with Gasteiger partial charge in [0, 0.05) is 13.0 Å². The number of hydrogen-bond donors (Lipinski definition) is 1. The van der Waals surface area contributed by atoms with E-state index in [-0.39, 0.29) is 0 Å². The molecule has 3 heteroatoms. The molecule has 1 N–H and O–H groups in total. The number of hydrogen-bond acceptors (Lipinski definition) is 2. The van der Waals surface area contributed by atoms with E-state index in [0.29, 0.717) is 12.5 Å². The van der Waals surface area contributed by atoms with Gasteiger partial charge in [-0.3, -0.25) is 4.79 Å². The van der Waals surface area contributed by atoms with Crippen LogP contribution < -0.4 is 0 Å². The molecule has 0 saturated heterocycles. The number of carbonyl (C=O) groups is 1. The molecule has 0 rings (SSSR count). The van der Waals surface area contributed by atoms with Crippen molar-refractivity contribution in [2.24, 2.45) is 0 Å². The summed E-state index contributed by atoms with van der Waals surface area (Å²) in [7, 11) is 0. The van der Waals surface area contributed by atoms with E-state index in [1.165, 1.54) is 89.9 Å². The van der Waals surface area contributed by atoms with Crippen molar-refractivity contribution >= 4 is 5.97 Å². The molecule has 0 heterocycles. The van der Waals surface area contributed by atoms with E-state index in [4.69, 9.17) is 9.84 Å². The average Bonchev–Trinajstić information content (AvgIpc) is 2.59. The Morgan fingerprint density at radius 1 is 0.720 bits per heavy atom. The molecule has 150 valence electrons. The maximum absolute atomic E-state index is 10.4. The minimum absolute atomic E-state index is 0.331. The van der Waals surface area contributed by atoms with Crippen LogP contribution in [0.2, 0.25) is 0 Å². The van der Waals surface area contributed by atoms with Gasteiger partial charge in [-0.05, 0) is 25.7 Å². The number of rotatable bonds is 20. The number of aliphatic carboxylic acids is 1. The van der Waals surface area contributed by atoms with Crippen LogP contribution in [0.5, 0.6) is 0 Å². The molecule has 0 aromatic carbocycles. The lowest BCUT2D eigenvalue weighted by Crippen LogP contribution is -2.14. The van der Waals surface area contributed by atoms with Crippen LogP contribution in [0.25, 0.3) is 0 Å². The van der Waals surface area contributed by atoms with Crippen molar-refractivity contribution in [3.63, 3.8) is 0 Å². The largest absolute Gasteiger partial charge is 0.481 e. The lowest BCUT2D eigenvalue weighted by molar-refractivity contribution is -0.137. The minimum Gasteiger partial charge on any atom is -0.481 e. The molecule has 0 bridgehead atoms. The summed E-state index contributed by atoms with van der Waals surface area (Å²) in [5, 5.41) is 8.60. The van der Waals surface area contributed by atoms with Crippen molar-refractivity contribution in [2.75, 3.05) is 6.61 Å². The molecule has 0 amide bonds. The van der Waals surface area contributed by atoms with Gasteiger partial charge in [-0.1, -0.05) is 90.9 Å². The van der Waals surface area contributed by atoms with Crippen LogP contribution in [-0.2, 0) is 9.53 Å². The molecule has 0 aromatic rings. The predicted octanol–water partition coefficient (Wildman–Crippen LogP) is 7.13. The summed E-state index contributed by atoms with van der Waals surface area (Å²) >= 11 is 0. The zero-order valence-electron chi connectivity index (χ0n) is 17.1. The average molecular weight is 357 g/mol. The van der Waals surface area contributed by atoms with Gasteiger partial charge < -0.3 is 9.84 Å². The highest BCUT2D eigenvalue weighted by Gasteiger charge is 2.08. The molecule has 1 unspecified atom stereocenters. The highest BCUT2D eigenvalue weighted by molar-refractivity contribution is 5.66. The SMILES string of the molecule is CCCCCCC(CCCCCCCCCCC(=O)O)OCCCC. The number of carboxylic acid groups (broad SMARTS) is 1. The third kappa shape index (κ3) is 19.6. The highest BCUT2D eigenvalue weighted by Crippen LogP contribution is 2.17. The summed E-state index contributed by atoms with van der Waals surface area (Å²) < 4.78 is 6.11. The molecular weight excluding hydrogens is 312 g/mol. The van der Waals surface area contributed by atoms with Crippen LogP contribution in [0.3, 0.4) is 0 Å². The molecule has 0 aliphatic rings. The van der Waals surface area contributed by atoms with Crippen LogP contribution in [0, 0.1) is 0 Å². The number of unbranched alkanes of at least 4 members (excludes halogenated alkanes) is 11. The van der Waals surface area contributed by atoms with E-state index in [2.05, 4.69) is 13.8 Å². The quantitative estimate of drug-likeness (QED) is 0.236. The summed E-state index contributed by atoms with van der Waals surface area (Å²) in [4.78, 5) is 10.4. The van der Waals surface area contributed by atoms with Crippen molar-refractivity contribution in [2.45, 2.75) is 129 Å². The van der Waals surface area contributed by atoms with Gasteiger partial charge in [-0.2, -0.15) is 0 Å². The third-order valence-electron chi connectivity index (χ3n) is 4.90. The Balaban J connectivity index is 3.55. The van der Waals surface area contributed by atoms with Gasteiger partial charge in [0.05, 0.1) is 6.10 Å². The van der Waals surface area contributed by atoms with E-state index in [1.807, 2.05) is 0 Å². The number of carboxylic acids is 1. The van der Waals surface area contributed by atoms with Crippen molar-refractivity contribution < 1.29 is 14.6 Å². The van der Waals surface area contributed by atoms with E-state index >= 15 is 0 Å². The third-order valence-corrected chi connectivity index (χ3v) is 4.90. The fraction of sp³-hybridized carbons (Fsp3) is 0.955. The van der Waals surface area contributed by atoms with E-state index in [1.54, 1.807) is 0 Å². The Morgan fingerprint density at radius 2 is 1.20 bits per heavy atom. The molecule has 0 aliphatic carbocycles.